The van der Waals surface area contributed by atoms with Gasteiger partial charge in [-0.05, 0) is 43.2 Å². The largest absolute Gasteiger partial charge is 0.492 e. The Balaban J connectivity index is 1.78. The van der Waals surface area contributed by atoms with E-state index in [-0.39, 0.29) is 11.7 Å². The molecular weight excluding hydrogens is 309 g/mol. The average molecular weight is 331 g/mol. The Labute approximate surface area is 141 Å². The molecule has 0 bridgehead atoms. The van der Waals surface area contributed by atoms with Crippen LogP contribution >= 0.6 is 0 Å². The lowest BCUT2D eigenvalue weighted by Crippen LogP contribution is -2.39. The van der Waals surface area contributed by atoms with E-state index in [1.54, 1.807) is 12.1 Å². The number of ether oxygens (including phenoxy) is 2. The summed E-state index contributed by atoms with van der Waals surface area (Å²) in [6.07, 6.45) is -0.292. The topological polar surface area (TPSA) is 47.6 Å². The number of amides is 1. The molecule has 0 saturated heterocycles. The van der Waals surface area contributed by atoms with Crippen molar-refractivity contribution in [3.05, 3.63) is 59.9 Å². The lowest BCUT2D eigenvalue weighted by molar-refractivity contribution is -0.128. The van der Waals surface area contributed by atoms with Crippen LogP contribution in [0.25, 0.3) is 0 Å². The number of carbonyl (C=O) groups is 1. The third-order valence-electron chi connectivity index (χ3n) is 3.43. The number of carbonyl (C=O) groups excluding carboxylic acids is 1. The zero-order valence-corrected chi connectivity index (χ0v) is 13.9. The molecule has 0 aliphatic rings. The van der Waals surface area contributed by atoms with Crippen molar-refractivity contribution in [3.63, 3.8) is 0 Å². The Morgan fingerprint density at radius 2 is 2.00 bits per heavy atom. The first-order valence-electron chi connectivity index (χ1n) is 7.98. The van der Waals surface area contributed by atoms with Crippen LogP contribution in [0.5, 0.6) is 11.5 Å². The normalized spacial score (nSPS) is 11.6. The summed E-state index contributed by atoms with van der Waals surface area (Å²) in [6, 6.07) is 13.7. The molecule has 0 radical (unpaired) electrons. The van der Waals surface area contributed by atoms with Gasteiger partial charge < -0.3 is 14.8 Å². The highest BCUT2D eigenvalue weighted by Crippen LogP contribution is 2.18. The van der Waals surface area contributed by atoms with Crippen molar-refractivity contribution < 1.29 is 18.7 Å². The fourth-order valence-corrected chi connectivity index (χ4v) is 2.18. The first-order valence-corrected chi connectivity index (χ1v) is 7.98. The van der Waals surface area contributed by atoms with Crippen LogP contribution in [0.15, 0.2) is 48.5 Å². The molecule has 1 N–H and O–H groups in total. The summed E-state index contributed by atoms with van der Waals surface area (Å²) in [4.78, 5) is 12.1. The van der Waals surface area contributed by atoms with Crippen molar-refractivity contribution in [2.75, 3.05) is 13.2 Å². The van der Waals surface area contributed by atoms with E-state index in [0.29, 0.717) is 19.6 Å². The number of benzene rings is 2. The SMILES string of the molecule is CC[C@@H](Oc1ccccc1F)C(=O)NCCOc1cccc(C)c1. The molecule has 0 saturated carbocycles. The van der Waals surface area contributed by atoms with E-state index < -0.39 is 11.9 Å². The highest BCUT2D eigenvalue weighted by Gasteiger charge is 2.19. The molecule has 0 spiro atoms. The predicted molar refractivity (Wildman–Crippen MR) is 90.8 cm³/mol. The number of para-hydroxylation sites is 1. The van der Waals surface area contributed by atoms with Crippen molar-refractivity contribution in [2.45, 2.75) is 26.4 Å². The smallest absolute Gasteiger partial charge is 0.261 e. The molecule has 24 heavy (non-hydrogen) atoms. The molecule has 0 heterocycles. The van der Waals surface area contributed by atoms with Gasteiger partial charge in [0, 0.05) is 0 Å². The molecule has 2 rings (SSSR count). The Hall–Kier alpha value is -2.56. The van der Waals surface area contributed by atoms with Crippen LogP contribution in [-0.2, 0) is 4.79 Å². The van der Waals surface area contributed by atoms with Gasteiger partial charge in [0.2, 0.25) is 0 Å². The number of nitrogens with one attached hydrogen (secondary N) is 1. The molecule has 5 heteroatoms. The molecule has 1 amide bonds. The first kappa shape index (κ1) is 17.8. The summed E-state index contributed by atoms with van der Waals surface area (Å²) in [7, 11) is 0. The van der Waals surface area contributed by atoms with Gasteiger partial charge in [-0.25, -0.2) is 4.39 Å². The zero-order chi connectivity index (χ0) is 17.4. The molecule has 2 aromatic carbocycles. The number of halogens is 1. The second-order valence-electron chi connectivity index (χ2n) is 5.40. The second kappa shape index (κ2) is 8.91. The minimum absolute atomic E-state index is 0.0792. The van der Waals surface area contributed by atoms with Crippen molar-refractivity contribution in [1.82, 2.24) is 5.32 Å². The lowest BCUT2D eigenvalue weighted by Gasteiger charge is -2.17. The third-order valence-corrected chi connectivity index (χ3v) is 3.43. The average Bonchev–Trinajstić information content (AvgIpc) is 2.58. The van der Waals surface area contributed by atoms with E-state index in [0.717, 1.165) is 11.3 Å². The Kier molecular flexibility index (Phi) is 6.61. The second-order valence-corrected chi connectivity index (χ2v) is 5.40. The van der Waals surface area contributed by atoms with E-state index in [4.69, 9.17) is 9.47 Å². The van der Waals surface area contributed by atoms with E-state index in [1.165, 1.54) is 12.1 Å². The van der Waals surface area contributed by atoms with Crippen LogP contribution in [0.1, 0.15) is 18.9 Å². The van der Waals surface area contributed by atoms with Crippen molar-refractivity contribution in [1.29, 1.82) is 0 Å². The first-order chi connectivity index (χ1) is 11.6. The summed E-state index contributed by atoms with van der Waals surface area (Å²) in [5.74, 6) is 0.0783. The van der Waals surface area contributed by atoms with Gasteiger partial charge in [0.05, 0.1) is 6.54 Å². The number of hydrogen-bond donors (Lipinski definition) is 1. The maximum absolute atomic E-state index is 13.6. The van der Waals surface area contributed by atoms with Crippen LogP contribution in [0.2, 0.25) is 0 Å². The van der Waals surface area contributed by atoms with Crippen LogP contribution in [0.3, 0.4) is 0 Å². The molecule has 128 valence electrons. The molecule has 0 aliphatic carbocycles. The number of rotatable bonds is 8. The van der Waals surface area contributed by atoms with Gasteiger partial charge in [-0.1, -0.05) is 31.2 Å². The highest BCUT2D eigenvalue weighted by atomic mass is 19.1. The van der Waals surface area contributed by atoms with Crippen molar-refractivity contribution in [2.24, 2.45) is 0 Å². The van der Waals surface area contributed by atoms with Gasteiger partial charge in [-0.15, -0.1) is 0 Å². The molecule has 0 fully saturated rings. The van der Waals surface area contributed by atoms with Crippen LogP contribution in [-0.4, -0.2) is 25.2 Å². The summed E-state index contributed by atoms with van der Waals surface area (Å²) in [5.41, 5.74) is 1.11. The van der Waals surface area contributed by atoms with Gasteiger partial charge in [0.1, 0.15) is 12.4 Å². The van der Waals surface area contributed by atoms with Gasteiger partial charge >= 0.3 is 0 Å². The standard InChI is InChI=1S/C19H22FNO3/c1-3-17(24-18-10-5-4-9-16(18)20)19(22)21-11-12-23-15-8-6-7-14(2)13-15/h4-10,13,17H,3,11-12H2,1-2H3,(H,21,22)/t17-/m1/s1. The predicted octanol–water partition coefficient (Wildman–Crippen LogP) is 3.49. The van der Waals surface area contributed by atoms with Gasteiger partial charge in [-0.2, -0.15) is 0 Å². The number of aryl methyl sites for hydroxylation is 1. The maximum Gasteiger partial charge on any atom is 0.261 e. The Morgan fingerprint density at radius 3 is 2.71 bits per heavy atom. The van der Waals surface area contributed by atoms with Crippen LogP contribution < -0.4 is 14.8 Å². The van der Waals surface area contributed by atoms with Crippen molar-refractivity contribution >= 4 is 5.91 Å². The molecule has 0 aromatic heterocycles. The van der Waals surface area contributed by atoms with Gasteiger partial charge in [0.25, 0.3) is 5.91 Å². The summed E-state index contributed by atoms with van der Waals surface area (Å²) in [6.45, 7) is 4.50. The fourth-order valence-electron chi connectivity index (χ4n) is 2.18. The molecular formula is C19H22FNO3. The van der Waals surface area contributed by atoms with Gasteiger partial charge in [-0.3, -0.25) is 4.79 Å². The molecule has 0 unspecified atom stereocenters. The maximum atomic E-state index is 13.6. The summed E-state index contributed by atoms with van der Waals surface area (Å²) < 4.78 is 24.6. The summed E-state index contributed by atoms with van der Waals surface area (Å²) >= 11 is 0. The van der Waals surface area contributed by atoms with E-state index in [1.807, 2.05) is 38.1 Å². The molecule has 4 nitrogen and oxygen atoms in total. The molecule has 1 atom stereocenters. The summed E-state index contributed by atoms with van der Waals surface area (Å²) in [5, 5.41) is 2.75. The minimum Gasteiger partial charge on any atom is -0.492 e. The van der Waals surface area contributed by atoms with Gasteiger partial charge in [0.15, 0.2) is 17.7 Å². The van der Waals surface area contributed by atoms with Crippen LogP contribution in [0, 0.1) is 12.7 Å². The molecule has 0 aliphatic heterocycles. The van der Waals surface area contributed by atoms with E-state index >= 15 is 0 Å². The quantitative estimate of drug-likeness (QED) is 0.753. The monoisotopic (exact) mass is 331 g/mol. The highest BCUT2D eigenvalue weighted by molar-refractivity contribution is 5.81. The fraction of sp³-hybridized carbons (Fsp3) is 0.316. The zero-order valence-electron chi connectivity index (χ0n) is 13.9. The number of hydrogen-bond acceptors (Lipinski definition) is 3. The van der Waals surface area contributed by atoms with Crippen molar-refractivity contribution in [3.8, 4) is 11.5 Å². The van der Waals surface area contributed by atoms with Crippen LogP contribution in [0.4, 0.5) is 4.39 Å². The molecule has 2 aromatic rings. The lowest BCUT2D eigenvalue weighted by atomic mass is 10.2. The third kappa shape index (κ3) is 5.26. The minimum atomic E-state index is -0.735. The van der Waals surface area contributed by atoms with E-state index in [9.17, 15) is 9.18 Å². The Bertz CT molecular complexity index is 675. The van der Waals surface area contributed by atoms with E-state index in [2.05, 4.69) is 5.32 Å². The Morgan fingerprint density at radius 1 is 1.21 bits per heavy atom.